The normalized spacial score (nSPS) is 12.6. The molecule has 142 valence electrons. The Morgan fingerprint density at radius 3 is 2.46 bits per heavy atom. The molecule has 0 bridgehead atoms. The minimum atomic E-state index is -0.592. The van der Waals surface area contributed by atoms with Crippen molar-refractivity contribution >= 4 is 17.8 Å². The maximum atomic E-state index is 12.5. The zero-order valence-corrected chi connectivity index (χ0v) is 15.3. The fourth-order valence-corrected chi connectivity index (χ4v) is 2.90. The van der Waals surface area contributed by atoms with Crippen LogP contribution in [0.1, 0.15) is 48.6 Å². The van der Waals surface area contributed by atoms with E-state index in [-0.39, 0.29) is 35.7 Å². The van der Waals surface area contributed by atoms with Crippen LogP contribution in [-0.2, 0) is 16.1 Å². The molecule has 28 heavy (non-hydrogen) atoms. The third-order valence-electron chi connectivity index (χ3n) is 4.39. The molecule has 1 aliphatic heterocycles. The predicted molar refractivity (Wildman–Crippen MR) is 98.6 cm³/mol. The first-order valence-electron chi connectivity index (χ1n) is 8.70. The van der Waals surface area contributed by atoms with Gasteiger partial charge in [-0.1, -0.05) is 12.1 Å². The number of carbonyl (C=O) groups is 3. The molecular weight excluding hydrogens is 360 g/mol. The van der Waals surface area contributed by atoms with E-state index < -0.39 is 11.9 Å². The number of esters is 1. The monoisotopic (exact) mass is 378 g/mol. The maximum absolute atomic E-state index is 12.5. The number of ether oxygens (including phenoxy) is 2. The first-order valence-corrected chi connectivity index (χ1v) is 8.70. The Balaban J connectivity index is 1.68. The summed E-state index contributed by atoms with van der Waals surface area (Å²) in [6, 6.07) is 13.1. The summed E-state index contributed by atoms with van der Waals surface area (Å²) in [7, 11) is 1.55. The molecule has 7 heteroatoms. The van der Waals surface area contributed by atoms with E-state index in [0.29, 0.717) is 18.6 Å². The summed E-state index contributed by atoms with van der Waals surface area (Å²) in [4.78, 5) is 38.4. The molecule has 0 spiro atoms. The summed E-state index contributed by atoms with van der Waals surface area (Å²) in [6.45, 7) is 0.747. The van der Waals surface area contributed by atoms with Crippen molar-refractivity contribution in [2.24, 2.45) is 0 Å². The van der Waals surface area contributed by atoms with Gasteiger partial charge in [0, 0.05) is 20.3 Å². The zero-order chi connectivity index (χ0) is 20.1. The highest BCUT2D eigenvalue weighted by Gasteiger charge is 2.35. The van der Waals surface area contributed by atoms with E-state index in [0.717, 1.165) is 10.5 Å². The maximum Gasteiger partial charge on any atom is 0.338 e. The molecule has 0 radical (unpaired) electrons. The van der Waals surface area contributed by atoms with Gasteiger partial charge in [0.15, 0.2) is 0 Å². The van der Waals surface area contributed by atoms with Crippen LogP contribution in [0.4, 0.5) is 0 Å². The van der Waals surface area contributed by atoms with E-state index in [4.69, 9.17) is 14.7 Å². The highest BCUT2D eigenvalue weighted by molar-refractivity contribution is 6.21. The minimum Gasteiger partial charge on any atom is -0.457 e. The summed E-state index contributed by atoms with van der Waals surface area (Å²) >= 11 is 0. The van der Waals surface area contributed by atoms with E-state index in [1.165, 1.54) is 18.2 Å². The number of hydrogen-bond acceptors (Lipinski definition) is 6. The smallest absolute Gasteiger partial charge is 0.338 e. The highest BCUT2D eigenvalue weighted by atomic mass is 16.5. The number of imide groups is 1. The lowest BCUT2D eigenvalue weighted by molar-refractivity contribution is 0.0472. The predicted octanol–water partition coefficient (Wildman–Crippen LogP) is 2.55. The molecule has 0 aliphatic carbocycles. The van der Waals surface area contributed by atoms with E-state index in [1.807, 2.05) is 6.07 Å². The minimum absolute atomic E-state index is 0.0393. The molecule has 0 N–H and O–H groups in total. The summed E-state index contributed by atoms with van der Waals surface area (Å²) in [6.07, 6.45) is 0.543. The molecule has 0 aromatic heterocycles. The molecule has 1 heterocycles. The molecule has 0 fully saturated rings. The standard InChI is InChI=1S/C21H18N2O5/c1-27-10-2-9-23-19(24)17-8-7-16(11-18(17)20(23)25)21(26)28-13-15-5-3-14(12-22)4-6-15/h3-8,11H,2,9-10,13H2,1H3. The Hall–Kier alpha value is -3.50. The van der Waals surface area contributed by atoms with Crippen molar-refractivity contribution in [3.05, 3.63) is 70.3 Å². The van der Waals surface area contributed by atoms with Gasteiger partial charge in [-0.15, -0.1) is 0 Å². The molecular formula is C21H18N2O5. The Morgan fingerprint density at radius 2 is 1.79 bits per heavy atom. The van der Waals surface area contributed by atoms with Gasteiger partial charge >= 0.3 is 5.97 Å². The number of methoxy groups -OCH3 is 1. The van der Waals surface area contributed by atoms with Gasteiger partial charge in [-0.2, -0.15) is 5.26 Å². The van der Waals surface area contributed by atoms with Crippen LogP contribution in [-0.4, -0.2) is 42.9 Å². The quantitative estimate of drug-likeness (QED) is 0.417. The SMILES string of the molecule is COCCCN1C(=O)c2ccc(C(=O)OCc3ccc(C#N)cc3)cc2C1=O. The summed E-state index contributed by atoms with van der Waals surface area (Å²) in [5.41, 5.74) is 1.95. The molecule has 0 saturated carbocycles. The van der Waals surface area contributed by atoms with E-state index in [9.17, 15) is 14.4 Å². The van der Waals surface area contributed by atoms with Crippen molar-refractivity contribution in [3.63, 3.8) is 0 Å². The molecule has 7 nitrogen and oxygen atoms in total. The molecule has 2 amide bonds. The Kier molecular flexibility index (Phi) is 5.82. The average Bonchev–Trinajstić information content (AvgIpc) is 2.96. The number of benzene rings is 2. The Morgan fingerprint density at radius 1 is 1.07 bits per heavy atom. The van der Waals surface area contributed by atoms with Crippen LogP contribution < -0.4 is 0 Å². The second-order valence-electron chi connectivity index (χ2n) is 6.25. The van der Waals surface area contributed by atoms with Crippen LogP contribution in [0.15, 0.2) is 42.5 Å². The first kappa shape index (κ1) is 19.3. The highest BCUT2D eigenvalue weighted by Crippen LogP contribution is 2.24. The van der Waals surface area contributed by atoms with Gasteiger partial charge < -0.3 is 9.47 Å². The summed E-state index contributed by atoms with van der Waals surface area (Å²) < 4.78 is 10.2. The topological polar surface area (TPSA) is 96.7 Å². The molecule has 0 atom stereocenters. The van der Waals surface area contributed by atoms with Crippen molar-refractivity contribution < 1.29 is 23.9 Å². The molecule has 1 aliphatic rings. The summed E-state index contributed by atoms with van der Waals surface area (Å²) in [5, 5.41) is 8.79. The van der Waals surface area contributed by atoms with Gasteiger partial charge in [0.2, 0.25) is 0 Å². The fraction of sp³-hybridized carbons (Fsp3) is 0.238. The second-order valence-corrected chi connectivity index (χ2v) is 6.25. The van der Waals surface area contributed by atoms with Crippen LogP contribution in [0.25, 0.3) is 0 Å². The average molecular weight is 378 g/mol. The molecule has 0 unspecified atom stereocenters. The van der Waals surface area contributed by atoms with E-state index in [1.54, 1.807) is 31.4 Å². The molecule has 3 rings (SSSR count). The Labute approximate surface area is 162 Å². The first-order chi connectivity index (χ1) is 13.5. The van der Waals surface area contributed by atoms with Crippen molar-refractivity contribution in [3.8, 4) is 6.07 Å². The lowest BCUT2D eigenvalue weighted by Gasteiger charge is -2.12. The van der Waals surface area contributed by atoms with E-state index in [2.05, 4.69) is 0 Å². The molecule has 2 aromatic carbocycles. The van der Waals surface area contributed by atoms with Crippen LogP contribution in [0.5, 0.6) is 0 Å². The lowest BCUT2D eigenvalue weighted by atomic mass is 10.1. The Bertz CT molecular complexity index is 960. The van der Waals surface area contributed by atoms with Crippen molar-refractivity contribution in [2.45, 2.75) is 13.0 Å². The van der Waals surface area contributed by atoms with Gasteiger partial charge in [0.1, 0.15) is 6.61 Å². The fourth-order valence-electron chi connectivity index (χ4n) is 2.90. The van der Waals surface area contributed by atoms with Crippen molar-refractivity contribution in [1.29, 1.82) is 5.26 Å². The number of rotatable bonds is 7. The largest absolute Gasteiger partial charge is 0.457 e. The number of nitrogens with zero attached hydrogens (tertiary/aromatic N) is 2. The number of nitriles is 1. The number of hydrogen-bond donors (Lipinski definition) is 0. The summed E-state index contributed by atoms with van der Waals surface area (Å²) in [5.74, 6) is -1.38. The second kappa shape index (κ2) is 8.46. The zero-order valence-electron chi connectivity index (χ0n) is 15.3. The van der Waals surface area contributed by atoms with Gasteiger partial charge in [-0.25, -0.2) is 4.79 Å². The van der Waals surface area contributed by atoms with E-state index >= 15 is 0 Å². The third kappa shape index (κ3) is 3.92. The number of amides is 2. The number of carbonyl (C=O) groups excluding carboxylic acids is 3. The van der Waals surface area contributed by atoms with Gasteiger partial charge in [0.05, 0.1) is 28.3 Å². The van der Waals surface area contributed by atoms with Gasteiger partial charge in [0.25, 0.3) is 11.8 Å². The van der Waals surface area contributed by atoms with Crippen LogP contribution in [0.3, 0.4) is 0 Å². The lowest BCUT2D eigenvalue weighted by Crippen LogP contribution is -2.31. The number of fused-ring (bicyclic) bond motifs is 1. The molecule has 0 saturated heterocycles. The van der Waals surface area contributed by atoms with Crippen molar-refractivity contribution in [2.75, 3.05) is 20.3 Å². The van der Waals surface area contributed by atoms with Gasteiger partial charge in [-0.05, 0) is 42.3 Å². The van der Waals surface area contributed by atoms with Crippen LogP contribution in [0, 0.1) is 11.3 Å². The third-order valence-corrected chi connectivity index (χ3v) is 4.39. The van der Waals surface area contributed by atoms with Crippen LogP contribution in [0.2, 0.25) is 0 Å². The molecule has 2 aromatic rings. The van der Waals surface area contributed by atoms with Crippen molar-refractivity contribution in [1.82, 2.24) is 4.90 Å². The van der Waals surface area contributed by atoms with Gasteiger partial charge in [-0.3, -0.25) is 14.5 Å². The van der Waals surface area contributed by atoms with Crippen LogP contribution >= 0.6 is 0 Å².